The van der Waals surface area contributed by atoms with Gasteiger partial charge in [-0.25, -0.2) is 4.79 Å². The first-order valence-corrected chi connectivity index (χ1v) is 6.36. The zero-order valence-electron chi connectivity index (χ0n) is 12.2. The maximum atomic E-state index is 11.5. The smallest absolute Gasteiger partial charge is 0.436 e. The van der Waals surface area contributed by atoms with E-state index in [4.69, 9.17) is 10.5 Å². The van der Waals surface area contributed by atoms with E-state index in [1.165, 1.54) is 5.56 Å². The summed E-state index contributed by atoms with van der Waals surface area (Å²) >= 11 is 0. The molecule has 1 aromatic rings. The first-order valence-electron chi connectivity index (χ1n) is 6.36. The predicted molar refractivity (Wildman–Crippen MR) is 77.5 cm³/mol. The molecule has 1 rings (SSSR count). The van der Waals surface area contributed by atoms with Gasteiger partial charge in [0.2, 0.25) is 0 Å². The molecule has 1 amide bonds. The Bertz CT molecular complexity index is 468. The minimum Gasteiger partial charge on any atom is -0.442 e. The number of hydrogen-bond acceptors (Lipinski definition) is 2. The lowest BCUT2D eigenvalue weighted by Crippen LogP contribution is -2.24. The molecular formula is C15H22N2O2. The van der Waals surface area contributed by atoms with Crippen LogP contribution < -0.4 is 5.73 Å². The summed E-state index contributed by atoms with van der Waals surface area (Å²) in [5, 5.41) is 0. The number of ether oxygens (including phenoxy) is 1. The highest BCUT2D eigenvalue weighted by atomic mass is 16.6. The lowest BCUT2D eigenvalue weighted by Gasteiger charge is -2.17. The Kier molecular flexibility index (Phi) is 4.70. The lowest BCUT2D eigenvalue weighted by molar-refractivity contribution is 0.0604. The van der Waals surface area contributed by atoms with E-state index in [0.29, 0.717) is 5.92 Å². The number of nitrogens with two attached hydrogens (primary N) is 1. The zero-order valence-corrected chi connectivity index (χ0v) is 12.2. The van der Waals surface area contributed by atoms with E-state index in [2.05, 4.69) is 18.8 Å². The number of rotatable bonds is 2. The van der Waals surface area contributed by atoms with Crippen molar-refractivity contribution in [1.82, 2.24) is 0 Å². The SMILES string of the molecule is CC(C)c1ccc(/C(N)=N/C(=O)OC(C)(C)C)cc1. The van der Waals surface area contributed by atoms with Crippen molar-refractivity contribution < 1.29 is 9.53 Å². The highest BCUT2D eigenvalue weighted by molar-refractivity contribution is 6.02. The van der Waals surface area contributed by atoms with Gasteiger partial charge in [0.25, 0.3) is 0 Å². The normalized spacial score (nSPS) is 12.6. The van der Waals surface area contributed by atoms with Crippen molar-refractivity contribution in [2.24, 2.45) is 10.7 Å². The lowest BCUT2D eigenvalue weighted by atomic mass is 10.0. The summed E-state index contributed by atoms with van der Waals surface area (Å²) < 4.78 is 5.09. The van der Waals surface area contributed by atoms with Crippen LogP contribution in [0.25, 0.3) is 0 Å². The number of benzene rings is 1. The van der Waals surface area contributed by atoms with Gasteiger partial charge in [0.15, 0.2) is 0 Å². The molecule has 0 aromatic heterocycles. The molecule has 0 saturated carbocycles. The second-order valence-electron chi connectivity index (χ2n) is 5.75. The van der Waals surface area contributed by atoms with Gasteiger partial charge in [0.1, 0.15) is 11.4 Å². The second-order valence-corrected chi connectivity index (χ2v) is 5.75. The molecule has 0 atom stereocenters. The average Bonchev–Trinajstić information content (AvgIpc) is 2.26. The van der Waals surface area contributed by atoms with Crippen LogP contribution in [0.4, 0.5) is 4.79 Å². The maximum Gasteiger partial charge on any atom is 0.436 e. The number of nitrogens with zero attached hydrogens (tertiary/aromatic N) is 1. The highest BCUT2D eigenvalue weighted by Gasteiger charge is 2.16. The molecule has 0 aliphatic rings. The van der Waals surface area contributed by atoms with E-state index in [0.717, 1.165) is 5.56 Å². The largest absolute Gasteiger partial charge is 0.442 e. The number of amidine groups is 1. The fraction of sp³-hybridized carbons (Fsp3) is 0.467. The highest BCUT2D eigenvalue weighted by Crippen LogP contribution is 2.15. The summed E-state index contributed by atoms with van der Waals surface area (Å²) in [6.07, 6.45) is -0.669. The molecule has 4 nitrogen and oxygen atoms in total. The molecule has 4 heteroatoms. The van der Waals surface area contributed by atoms with Gasteiger partial charge in [-0.15, -0.1) is 0 Å². The van der Waals surface area contributed by atoms with Gasteiger partial charge in [-0.1, -0.05) is 38.1 Å². The van der Waals surface area contributed by atoms with Crippen molar-refractivity contribution in [3.8, 4) is 0 Å². The Balaban J connectivity index is 2.82. The predicted octanol–water partition coefficient (Wildman–Crippen LogP) is 3.45. The molecule has 2 N–H and O–H groups in total. The molecule has 0 spiro atoms. The van der Waals surface area contributed by atoms with Gasteiger partial charge < -0.3 is 10.5 Å². The van der Waals surface area contributed by atoms with Crippen LogP contribution in [0.3, 0.4) is 0 Å². The molecule has 0 aliphatic heterocycles. The van der Waals surface area contributed by atoms with Crippen LogP contribution in [0, 0.1) is 0 Å². The average molecular weight is 262 g/mol. The summed E-state index contributed by atoms with van der Waals surface area (Å²) in [4.78, 5) is 15.3. The summed E-state index contributed by atoms with van der Waals surface area (Å²) in [5.41, 5.74) is 7.16. The van der Waals surface area contributed by atoms with E-state index < -0.39 is 11.7 Å². The van der Waals surface area contributed by atoms with Crippen molar-refractivity contribution >= 4 is 11.9 Å². The van der Waals surface area contributed by atoms with E-state index >= 15 is 0 Å². The van der Waals surface area contributed by atoms with Crippen molar-refractivity contribution in [2.45, 2.75) is 46.1 Å². The molecule has 0 aliphatic carbocycles. The Morgan fingerprint density at radius 1 is 1.21 bits per heavy atom. The summed E-state index contributed by atoms with van der Waals surface area (Å²) in [7, 11) is 0. The Hall–Kier alpha value is -1.84. The van der Waals surface area contributed by atoms with Crippen molar-refractivity contribution in [1.29, 1.82) is 0 Å². The van der Waals surface area contributed by atoms with Gasteiger partial charge in [0, 0.05) is 5.56 Å². The van der Waals surface area contributed by atoms with Gasteiger partial charge in [-0.2, -0.15) is 4.99 Å². The maximum absolute atomic E-state index is 11.5. The van der Waals surface area contributed by atoms with E-state index in [1.54, 1.807) is 20.8 Å². The molecule has 0 radical (unpaired) electrons. The Morgan fingerprint density at radius 3 is 2.16 bits per heavy atom. The van der Waals surface area contributed by atoms with Crippen LogP contribution in [0.1, 0.15) is 51.7 Å². The van der Waals surface area contributed by atoms with E-state index in [1.807, 2.05) is 24.3 Å². The molecule has 1 aromatic carbocycles. The van der Waals surface area contributed by atoms with Crippen molar-refractivity contribution in [3.05, 3.63) is 35.4 Å². The zero-order chi connectivity index (χ0) is 14.6. The second kappa shape index (κ2) is 5.87. The number of amides is 1. The molecule has 0 unspecified atom stereocenters. The first kappa shape index (κ1) is 15.2. The fourth-order valence-corrected chi connectivity index (χ4v) is 1.49. The minimum atomic E-state index is -0.669. The summed E-state index contributed by atoms with van der Waals surface area (Å²) in [5.74, 6) is 0.627. The van der Waals surface area contributed by atoms with Gasteiger partial charge in [0.05, 0.1) is 0 Å². The van der Waals surface area contributed by atoms with Crippen molar-refractivity contribution in [2.75, 3.05) is 0 Å². The topological polar surface area (TPSA) is 64.7 Å². The van der Waals surface area contributed by atoms with Crippen LogP contribution >= 0.6 is 0 Å². The summed E-state index contributed by atoms with van der Waals surface area (Å²) in [6, 6.07) is 7.69. The van der Waals surface area contributed by atoms with Gasteiger partial charge >= 0.3 is 6.09 Å². The van der Waals surface area contributed by atoms with Gasteiger partial charge in [-0.3, -0.25) is 0 Å². The molecule has 0 heterocycles. The fourth-order valence-electron chi connectivity index (χ4n) is 1.49. The number of aliphatic imine (C=N–C) groups is 1. The molecule has 0 bridgehead atoms. The first-order chi connectivity index (χ1) is 8.69. The number of carbonyl (C=O) groups is 1. The molecule has 104 valence electrons. The third kappa shape index (κ3) is 5.12. The summed E-state index contributed by atoms with van der Waals surface area (Å²) in [6.45, 7) is 9.59. The van der Waals surface area contributed by atoms with E-state index in [9.17, 15) is 4.79 Å². The van der Waals surface area contributed by atoms with Gasteiger partial charge in [-0.05, 0) is 32.3 Å². The number of carbonyl (C=O) groups excluding carboxylic acids is 1. The molecule has 0 fully saturated rings. The van der Waals surface area contributed by atoms with Crippen LogP contribution in [-0.4, -0.2) is 17.5 Å². The van der Waals surface area contributed by atoms with Crippen LogP contribution in [-0.2, 0) is 4.74 Å². The Labute approximate surface area is 114 Å². The molecule has 0 saturated heterocycles. The standard InChI is InChI=1S/C15H22N2O2/c1-10(2)11-6-8-12(9-7-11)13(16)17-14(18)19-15(3,4)5/h6-10H,1-5H3,(H2,16,17,18). The van der Waals surface area contributed by atoms with Crippen LogP contribution in [0.2, 0.25) is 0 Å². The third-order valence-electron chi connectivity index (χ3n) is 2.48. The van der Waals surface area contributed by atoms with E-state index in [-0.39, 0.29) is 5.84 Å². The minimum absolute atomic E-state index is 0.171. The molecular weight excluding hydrogens is 240 g/mol. The van der Waals surface area contributed by atoms with Crippen molar-refractivity contribution in [3.63, 3.8) is 0 Å². The molecule has 19 heavy (non-hydrogen) atoms. The third-order valence-corrected chi connectivity index (χ3v) is 2.48. The quantitative estimate of drug-likeness (QED) is 0.655. The van der Waals surface area contributed by atoms with Crippen LogP contribution in [0.5, 0.6) is 0 Å². The van der Waals surface area contributed by atoms with Crippen LogP contribution in [0.15, 0.2) is 29.3 Å². The monoisotopic (exact) mass is 262 g/mol. The number of hydrogen-bond donors (Lipinski definition) is 1. The Morgan fingerprint density at radius 2 is 1.74 bits per heavy atom.